The van der Waals surface area contributed by atoms with Crippen LogP contribution in [0.1, 0.15) is 30.0 Å². The minimum atomic E-state index is -0.139. The van der Waals surface area contributed by atoms with Gasteiger partial charge in [-0.1, -0.05) is 13.0 Å². The number of amides is 2. The fraction of sp³-hybridized carbons (Fsp3) is 0.400. The van der Waals surface area contributed by atoms with E-state index in [4.69, 9.17) is 0 Å². The third-order valence-corrected chi connectivity index (χ3v) is 4.62. The molecule has 2 N–H and O–H groups in total. The molecule has 0 spiro atoms. The van der Waals surface area contributed by atoms with Gasteiger partial charge in [0.05, 0.1) is 0 Å². The standard InChI is InChI=1S/C20H26N6O2/c1-4-25-8-10-26(11-9-25)19(28)18-12-14(2)21-20(24-18)23-17-7-5-6-16(13-17)22-15(3)27/h5-7,12-13H,4,8-11H2,1-3H3,(H,22,27)(H,21,23,24). The van der Waals surface area contributed by atoms with Crippen molar-refractivity contribution in [1.82, 2.24) is 19.8 Å². The first-order chi connectivity index (χ1) is 13.4. The molecule has 0 saturated carbocycles. The molecule has 1 aromatic heterocycles. The zero-order chi connectivity index (χ0) is 20.1. The lowest BCUT2D eigenvalue weighted by atomic mass is 10.2. The summed E-state index contributed by atoms with van der Waals surface area (Å²) in [5, 5.41) is 5.86. The molecule has 0 atom stereocenters. The van der Waals surface area contributed by atoms with Crippen molar-refractivity contribution in [3.05, 3.63) is 41.7 Å². The summed E-state index contributed by atoms with van der Waals surface area (Å²) in [4.78, 5) is 37.1. The maximum absolute atomic E-state index is 12.9. The van der Waals surface area contributed by atoms with E-state index in [2.05, 4.69) is 32.4 Å². The van der Waals surface area contributed by atoms with Gasteiger partial charge in [0.1, 0.15) is 5.69 Å². The smallest absolute Gasteiger partial charge is 0.272 e. The van der Waals surface area contributed by atoms with Crippen LogP contribution < -0.4 is 10.6 Å². The second kappa shape index (κ2) is 8.79. The topological polar surface area (TPSA) is 90.5 Å². The lowest BCUT2D eigenvalue weighted by Crippen LogP contribution is -2.48. The number of rotatable bonds is 5. The van der Waals surface area contributed by atoms with Gasteiger partial charge in [-0.3, -0.25) is 9.59 Å². The van der Waals surface area contributed by atoms with E-state index in [0.717, 1.165) is 25.3 Å². The van der Waals surface area contributed by atoms with Gasteiger partial charge in [0.2, 0.25) is 11.9 Å². The Morgan fingerprint density at radius 1 is 1.07 bits per heavy atom. The highest BCUT2D eigenvalue weighted by molar-refractivity contribution is 5.93. The fourth-order valence-electron chi connectivity index (χ4n) is 3.17. The largest absolute Gasteiger partial charge is 0.335 e. The summed E-state index contributed by atoms with van der Waals surface area (Å²) in [5.74, 6) is 0.145. The Labute approximate surface area is 165 Å². The summed E-state index contributed by atoms with van der Waals surface area (Å²) in [7, 11) is 0. The molecule has 148 valence electrons. The van der Waals surface area contributed by atoms with Crippen LogP contribution in [0.25, 0.3) is 0 Å². The molecule has 2 aromatic rings. The van der Waals surface area contributed by atoms with Crippen molar-refractivity contribution in [2.24, 2.45) is 0 Å². The van der Waals surface area contributed by atoms with E-state index in [9.17, 15) is 9.59 Å². The molecular formula is C20H26N6O2. The molecule has 1 aromatic carbocycles. The lowest BCUT2D eigenvalue weighted by Gasteiger charge is -2.33. The average Bonchev–Trinajstić information content (AvgIpc) is 2.67. The quantitative estimate of drug-likeness (QED) is 0.824. The van der Waals surface area contributed by atoms with Crippen molar-refractivity contribution in [3.63, 3.8) is 0 Å². The van der Waals surface area contributed by atoms with Gasteiger partial charge < -0.3 is 20.4 Å². The number of benzene rings is 1. The van der Waals surface area contributed by atoms with E-state index >= 15 is 0 Å². The Balaban J connectivity index is 1.75. The van der Waals surface area contributed by atoms with Gasteiger partial charge >= 0.3 is 0 Å². The highest BCUT2D eigenvalue weighted by Gasteiger charge is 2.23. The SMILES string of the molecule is CCN1CCN(C(=O)c2cc(C)nc(Nc3cccc(NC(C)=O)c3)n2)CC1. The second-order valence-electron chi connectivity index (χ2n) is 6.83. The Bertz CT molecular complexity index is 862. The minimum Gasteiger partial charge on any atom is -0.335 e. The first-order valence-electron chi connectivity index (χ1n) is 9.46. The maximum Gasteiger partial charge on any atom is 0.272 e. The van der Waals surface area contributed by atoms with Crippen LogP contribution in [0.4, 0.5) is 17.3 Å². The van der Waals surface area contributed by atoms with Gasteiger partial charge in [-0.2, -0.15) is 0 Å². The summed E-state index contributed by atoms with van der Waals surface area (Å²) < 4.78 is 0. The number of hydrogen-bond donors (Lipinski definition) is 2. The van der Waals surface area contributed by atoms with Crippen LogP contribution in [-0.2, 0) is 4.79 Å². The van der Waals surface area contributed by atoms with Crippen molar-refractivity contribution in [2.75, 3.05) is 43.4 Å². The summed E-state index contributed by atoms with van der Waals surface area (Å²) in [6.45, 7) is 9.61. The highest BCUT2D eigenvalue weighted by Crippen LogP contribution is 2.19. The van der Waals surface area contributed by atoms with Gasteiger partial charge in [-0.05, 0) is 37.7 Å². The zero-order valence-electron chi connectivity index (χ0n) is 16.5. The van der Waals surface area contributed by atoms with Crippen LogP contribution in [-0.4, -0.2) is 64.3 Å². The molecule has 3 rings (SSSR count). The number of anilines is 3. The summed E-state index contributed by atoms with van der Waals surface area (Å²) in [5.41, 5.74) is 2.51. The Kier molecular flexibility index (Phi) is 6.20. The summed E-state index contributed by atoms with van der Waals surface area (Å²) >= 11 is 0. The van der Waals surface area contributed by atoms with Crippen LogP contribution in [0.2, 0.25) is 0 Å². The fourth-order valence-corrected chi connectivity index (χ4v) is 3.17. The Hall–Kier alpha value is -3.00. The molecule has 0 bridgehead atoms. The number of aryl methyl sites for hydroxylation is 1. The van der Waals surface area contributed by atoms with E-state index in [0.29, 0.717) is 36.1 Å². The van der Waals surface area contributed by atoms with Crippen molar-refractivity contribution in [2.45, 2.75) is 20.8 Å². The number of carbonyl (C=O) groups is 2. The van der Waals surface area contributed by atoms with Gasteiger partial charge in [0.15, 0.2) is 0 Å². The predicted molar refractivity (Wildman–Crippen MR) is 109 cm³/mol. The van der Waals surface area contributed by atoms with E-state index < -0.39 is 0 Å². The number of piperazine rings is 1. The molecule has 2 amide bonds. The van der Waals surface area contributed by atoms with Gasteiger partial charge in [-0.15, -0.1) is 0 Å². The molecule has 0 radical (unpaired) electrons. The predicted octanol–water partition coefficient (Wildman–Crippen LogP) is 2.26. The lowest BCUT2D eigenvalue weighted by molar-refractivity contribution is -0.114. The Morgan fingerprint density at radius 2 is 1.79 bits per heavy atom. The number of carbonyl (C=O) groups excluding carboxylic acids is 2. The van der Waals surface area contributed by atoms with Crippen molar-refractivity contribution in [3.8, 4) is 0 Å². The number of hydrogen-bond acceptors (Lipinski definition) is 6. The molecule has 0 unspecified atom stereocenters. The van der Waals surface area contributed by atoms with E-state index in [1.54, 1.807) is 18.2 Å². The van der Waals surface area contributed by atoms with Crippen molar-refractivity contribution >= 4 is 29.1 Å². The first-order valence-corrected chi connectivity index (χ1v) is 9.46. The van der Waals surface area contributed by atoms with Crippen molar-refractivity contribution in [1.29, 1.82) is 0 Å². The molecule has 1 saturated heterocycles. The Morgan fingerprint density at radius 3 is 2.46 bits per heavy atom. The molecular weight excluding hydrogens is 356 g/mol. The minimum absolute atomic E-state index is 0.0729. The van der Waals surface area contributed by atoms with E-state index in [1.807, 2.05) is 24.0 Å². The molecule has 8 nitrogen and oxygen atoms in total. The van der Waals surface area contributed by atoms with Crippen LogP contribution in [0.5, 0.6) is 0 Å². The number of nitrogens with one attached hydrogen (secondary N) is 2. The number of nitrogens with zero attached hydrogens (tertiary/aromatic N) is 4. The molecule has 2 heterocycles. The first kappa shape index (κ1) is 19.8. The third kappa shape index (κ3) is 5.04. The number of likely N-dealkylation sites (N-methyl/N-ethyl adjacent to an activating group) is 1. The van der Waals surface area contributed by atoms with E-state index in [1.165, 1.54) is 6.92 Å². The van der Waals surface area contributed by atoms with Gasteiger partial charge in [-0.25, -0.2) is 9.97 Å². The van der Waals surface area contributed by atoms with Crippen molar-refractivity contribution < 1.29 is 9.59 Å². The maximum atomic E-state index is 12.9. The normalized spacial score (nSPS) is 14.6. The molecule has 8 heteroatoms. The van der Waals surface area contributed by atoms with Gasteiger partial charge in [0.25, 0.3) is 5.91 Å². The molecule has 1 fully saturated rings. The van der Waals surface area contributed by atoms with E-state index in [-0.39, 0.29) is 11.8 Å². The zero-order valence-corrected chi connectivity index (χ0v) is 16.5. The molecule has 1 aliphatic rings. The summed E-state index contributed by atoms with van der Waals surface area (Å²) in [6.07, 6.45) is 0. The monoisotopic (exact) mass is 382 g/mol. The van der Waals surface area contributed by atoms with Crippen LogP contribution in [0, 0.1) is 6.92 Å². The van der Waals surface area contributed by atoms with Gasteiger partial charge in [0, 0.05) is 50.2 Å². The second-order valence-corrected chi connectivity index (χ2v) is 6.83. The molecule has 0 aliphatic carbocycles. The van der Waals surface area contributed by atoms with Crippen LogP contribution in [0.3, 0.4) is 0 Å². The van der Waals surface area contributed by atoms with Crippen LogP contribution in [0.15, 0.2) is 30.3 Å². The highest BCUT2D eigenvalue weighted by atomic mass is 16.2. The van der Waals surface area contributed by atoms with Crippen LogP contribution >= 0.6 is 0 Å². The summed E-state index contributed by atoms with van der Waals surface area (Å²) in [6, 6.07) is 8.98. The average molecular weight is 382 g/mol. The molecule has 28 heavy (non-hydrogen) atoms. The molecule has 1 aliphatic heterocycles. The number of aromatic nitrogens is 2. The third-order valence-electron chi connectivity index (χ3n) is 4.62.